The largest absolute Gasteiger partial charge is 0.306 e. The molecule has 2 aromatic heterocycles. The molecule has 94 valence electrons. The zero-order valence-corrected chi connectivity index (χ0v) is 11.6. The summed E-state index contributed by atoms with van der Waals surface area (Å²) in [4.78, 5) is 14.3. The Balaban J connectivity index is 1.80. The Hall–Kier alpha value is -1.27. The van der Waals surface area contributed by atoms with Gasteiger partial charge in [0.15, 0.2) is 0 Å². The first-order valence-electron chi connectivity index (χ1n) is 5.74. The Morgan fingerprint density at radius 1 is 1.56 bits per heavy atom. The fourth-order valence-electron chi connectivity index (χ4n) is 1.91. The van der Waals surface area contributed by atoms with Gasteiger partial charge in [-0.05, 0) is 30.7 Å². The van der Waals surface area contributed by atoms with Gasteiger partial charge in [0.25, 0.3) is 5.91 Å². The second-order valence-electron chi connectivity index (χ2n) is 4.24. The normalized spacial score (nSPS) is 14.3. The van der Waals surface area contributed by atoms with Crippen LogP contribution >= 0.6 is 23.1 Å². The Kier molecular flexibility index (Phi) is 3.13. The molecule has 6 heteroatoms. The molecule has 0 bridgehead atoms. The topological polar surface area (TPSA) is 57.8 Å². The Morgan fingerprint density at radius 2 is 2.44 bits per heavy atom. The third-order valence-corrected chi connectivity index (χ3v) is 5.16. The van der Waals surface area contributed by atoms with Crippen molar-refractivity contribution in [1.82, 2.24) is 10.2 Å². The molecule has 4 nitrogen and oxygen atoms in total. The molecule has 0 saturated carbocycles. The third kappa shape index (κ3) is 2.18. The van der Waals surface area contributed by atoms with Gasteiger partial charge in [-0.3, -0.25) is 9.89 Å². The van der Waals surface area contributed by atoms with Crippen molar-refractivity contribution in [2.24, 2.45) is 0 Å². The lowest BCUT2D eigenvalue weighted by molar-refractivity contribution is 0.103. The van der Waals surface area contributed by atoms with Crippen molar-refractivity contribution in [2.75, 3.05) is 11.1 Å². The summed E-state index contributed by atoms with van der Waals surface area (Å²) in [6.07, 6.45) is 2.78. The Labute approximate surface area is 113 Å². The minimum absolute atomic E-state index is 0.0493. The SMILES string of the molecule is Cc1cn[nH]c1NC(=O)c1cc2c(s1)CCSC2. The van der Waals surface area contributed by atoms with Crippen molar-refractivity contribution in [3.05, 3.63) is 33.1 Å². The number of nitrogens with one attached hydrogen (secondary N) is 2. The standard InChI is InChI=1S/C12H13N3OS2/c1-7-5-13-15-11(7)14-12(16)10-4-8-6-17-3-2-9(8)18-10/h4-5H,2-3,6H2,1H3,(H2,13,14,15,16). The minimum Gasteiger partial charge on any atom is -0.306 e. The predicted octanol–water partition coefficient (Wildman–Crippen LogP) is 2.82. The van der Waals surface area contributed by atoms with E-state index in [0.717, 1.165) is 28.4 Å². The number of hydrogen-bond donors (Lipinski definition) is 2. The zero-order chi connectivity index (χ0) is 12.5. The highest BCUT2D eigenvalue weighted by molar-refractivity contribution is 7.98. The molecule has 1 amide bonds. The minimum atomic E-state index is -0.0493. The maximum Gasteiger partial charge on any atom is 0.266 e. The van der Waals surface area contributed by atoms with E-state index in [1.165, 1.54) is 10.4 Å². The van der Waals surface area contributed by atoms with Crippen molar-refractivity contribution in [2.45, 2.75) is 19.1 Å². The van der Waals surface area contributed by atoms with E-state index in [0.29, 0.717) is 5.82 Å². The summed E-state index contributed by atoms with van der Waals surface area (Å²) in [7, 11) is 0. The van der Waals surface area contributed by atoms with E-state index >= 15 is 0 Å². The van der Waals surface area contributed by atoms with Crippen molar-refractivity contribution in [1.29, 1.82) is 0 Å². The molecule has 0 radical (unpaired) electrons. The number of amides is 1. The second-order valence-corrected chi connectivity index (χ2v) is 6.49. The summed E-state index contributed by atoms with van der Waals surface area (Å²) in [5, 5.41) is 9.54. The fraction of sp³-hybridized carbons (Fsp3) is 0.333. The number of aromatic nitrogens is 2. The molecule has 0 aromatic carbocycles. The van der Waals surface area contributed by atoms with E-state index in [1.807, 2.05) is 24.8 Å². The van der Waals surface area contributed by atoms with Gasteiger partial charge >= 0.3 is 0 Å². The highest BCUT2D eigenvalue weighted by Gasteiger charge is 2.18. The number of carbonyl (C=O) groups is 1. The van der Waals surface area contributed by atoms with Gasteiger partial charge in [0.1, 0.15) is 5.82 Å². The van der Waals surface area contributed by atoms with E-state index in [4.69, 9.17) is 0 Å². The van der Waals surface area contributed by atoms with Gasteiger partial charge in [0.05, 0.1) is 11.1 Å². The smallest absolute Gasteiger partial charge is 0.266 e. The number of aryl methyl sites for hydroxylation is 2. The van der Waals surface area contributed by atoms with E-state index in [-0.39, 0.29) is 5.91 Å². The highest BCUT2D eigenvalue weighted by Crippen LogP contribution is 2.32. The van der Waals surface area contributed by atoms with Crippen LogP contribution in [-0.2, 0) is 12.2 Å². The lowest BCUT2D eigenvalue weighted by atomic mass is 10.2. The number of nitrogens with zero attached hydrogens (tertiary/aromatic N) is 1. The number of fused-ring (bicyclic) bond motifs is 1. The molecule has 2 N–H and O–H groups in total. The van der Waals surface area contributed by atoms with Crippen molar-refractivity contribution in [3.8, 4) is 0 Å². The molecular weight excluding hydrogens is 266 g/mol. The van der Waals surface area contributed by atoms with Crippen LogP contribution in [0.4, 0.5) is 5.82 Å². The first-order chi connectivity index (χ1) is 8.74. The number of aromatic amines is 1. The van der Waals surface area contributed by atoms with Gasteiger partial charge in [-0.1, -0.05) is 0 Å². The lowest BCUT2D eigenvalue weighted by Gasteiger charge is -2.08. The number of carbonyl (C=O) groups excluding carboxylic acids is 1. The van der Waals surface area contributed by atoms with E-state index in [9.17, 15) is 4.79 Å². The van der Waals surface area contributed by atoms with Crippen LogP contribution in [-0.4, -0.2) is 21.9 Å². The maximum atomic E-state index is 12.1. The molecule has 0 fully saturated rings. The monoisotopic (exact) mass is 279 g/mol. The van der Waals surface area contributed by atoms with Gasteiger partial charge in [-0.2, -0.15) is 16.9 Å². The van der Waals surface area contributed by atoms with Crippen LogP contribution in [0.15, 0.2) is 12.3 Å². The molecule has 0 unspecified atom stereocenters. The zero-order valence-electron chi connectivity index (χ0n) is 9.95. The third-order valence-electron chi connectivity index (χ3n) is 2.92. The van der Waals surface area contributed by atoms with Gasteiger partial charge in [0.2, 0.25) is 0 Å². The van der Waals surface area contributed by atoms with Gasteiger partial charge in [-0.15, -0.1) is 11.3 Å². The molecule has 0 saturated heterocycles. The van der Waals surface area contributed by atoms with E-state index in [2.05, 4.69) is 15.5 Å². The highest BCUT2D eigenvalue weighted by atomic mass is 32.2. The van der Waals surface area contributed by atoms with E-state index in [1.54, 1.807) is 17.5 Å². The average Bonchev–Trinajstić information content (AvgIpc) is 2.96. The number of anilines is 1. The van der Waals surface area contributed by atoms with Crippen molar-refractivity contribution in [3.63, 3.8) is 0 Å². The number of thiophene rings is 1. The maximum absolute atomic E-state index is 12.1. The quantitative estimate of drug-likeness (QED) is 0.888. The summed E-state index contributed by atoms with van der Waals surface area (Å²) in [5.74, 6) is 2.82. The summed E-state index contributed by atoms with van der Waals surface area (Å²) >= 11 is 3.54. The van der Waals surface area contributed by atoms with Crippen molar-refractivity contribution >= 4 is 34.8 Å². The Bertz CT molecular complexity index is 564. The molecule has 0 spiro atoms. The van der Waals surface area contributed by atoms with Crippen LogP contribution in [0.3, 0.4) is 0 Å². The second kappa shape index (κ2) is 4.78. The molecule has 1 aliphatic heterocycles. The van der Waals surface area contributed by atoms with Crippen molar-refractivity contribution < 1.29 is 4.79 Å². The van der Waals surface area contributed by atoms with Crippen LogP contribution < -0.4 is 5.32 Å². The van der Waals surface area contributed by atoms with Gasteiger partial charge in [0, 0.05) is 16.2 Å². The molecule has 1 aliphatic rings. The fourth-order valence-corrected chi connectivity index (χ4v) is 4.17. The lowest BCUT2D eigenvalue weighted by Crippen LogP contribution is -2.11. The number of thioether (sulfide) groups is 1. The first-order valence-corrected chi connectivity index (χ1v) is 7.72. The van der Waals surface area contributed by atoms with Crippen LogP contribution in [0.1, 0.15) is 25.7 Å². The van der Waals surface area contributed by atoms with Gasteiger partial charge in [-0.25, -0.2) is 0 Å². The summed E-state index contributed by atoms with van der Waals surface area (Å²) in [6, 6.07) is 2.02. The van der Waals surface area contributed by atoms with Crippen LogP contribution in [0.25, 0.3) is 0 Å². The van der Waals surface area contributed by atoms with Crippen LogP contribution in [0.2, 0.25) is 0 Å². The summed E-state index contributed by atoms with van der Waals surface area (Å²) in [5.41, 5.74) is 2.27. The number of rotatable bonds is 2. The molecule has 3 rings (SSSR count). The molecule has 0 atom stereocenters. The predicted molar refractivity (Wildman–Crippen MR) is 75.5 cm³/mol. The van der Waals surface area contributed by atoms with Gasteiger partial charge < -0.3 is 5.32 Å². The summed E-state index contributed by atoms with van der Waals surface area (Å²) < 4.78 is 0. The van der Waals surface area contributed by atoms with Crippen LogP contribution in [0, 0.1) is 6.92 Å². The van der Waals surface area contributed by atoms with E-state index < -0.39 is 0 Å². The number of hydrogen-bond acceptors (Lipinski definition) is 4. The van der Waals surface area contributed by atoms with Crippen LogP contribution in [0.5, 0.6) is 0 Å². The molecule has 18 heavy (non-hydrogen) atoms. The number of H-pyrrole nitrogens is 1. The molecule has 3 heterocycles. The molecule has 0 aliphatic carbocycles. The Morgan fingerprint density at radius 3 is 3.17 bits per heavy atom. The first kappa shape index (κ1) is 11.8. The average molecular weight is 279 g/mol. The summed E-state index contributed by atoms with van der Waals surface area (Å²) in [6.45, 7) is 1.91. The molecular formula is C12H13N3OS2. The molecule has 2 aromatic rings.